The molecule has 4 N–H and O–H groups in total. The van der Waals surface area contributed by atoms with Crippen molar-refractivity contribution in [2.24, 2.45) is 0 Å². The number of anilines is 1. The van der Waals surface area contributed by atoms with Crippen LogP contribution in [0.2, 0.25) is 0 Å². The molecule has 0 bridgehead atoms. The summed E-state index contributed by atoms with van der Waals surface area (Å²) in [6.45, 7) is 4.69. The van der Waals surface area contributed by atoms with E-state index in [0.717, 1.165) is 30.6 Å². The summed E-state index contributed by atoms with van der Waals surface area (Å²) in [7, 11) is 1.00. The summed E-state index contributed by atoms with van der Waals surface area (Å²) in [5, 5.41) is 38.8. The first kappa shape index (κ1) is 29.6. The Balaban J connectivity index is 0.00000172. The molecular weight excluding hydrogens is 530 g/mol. The van der Waals surface area contributed by atoms with Crippen LogP contribution in [0.25, 0.3) is 26.8 Å². The molecule has 2 unspecified atom stereocenters. The van der Waals surface area contributed by atoms with E-state index in [-0.39, 0.29) is 12.5 Å². The van der Waals surface area contributed by atoms with Gasteiger partial charge in [0.2, 0.25) is 0 Å². The van der Waals surface area contributed by atoms with Crippen molar-refractivity contribution in [1.82, 2.24) is 4.72 Å². The third-order valence-electron chi connectivity index (χ3n) is 7.09. The van der Waals surface area contributed by atoms with E-state index in [0.29, 0.717) is 17.9 Å². The molecule has 3 atom stereocenters. The maximum absolute atomic E-state index is 9.83. The van der Waals surface area contributed by atoms with Crippen LogP contribution in [0.15, 0.2) is 53.4 Å². The Morgan fingerprint density at radius 2 is 1.79 bits per heavy atom. The third kappa shape index (κ3) is 7.62. The lowest BCUT2D eigenvalue weighted by Gasteiger charge is -2.30. The highest BCUT2D eigenvalue weighted by atomic mass is 32.2. The zero-order valence-corrected chi connectivity index (χ0v) is 24.1. The molecule has 2 saturated heterocycles. The van der Waals surface area contributed by atoms with Crippen LogP contribution in [0.4, 0.5) is 5.69 Å². The first-order chi connectivity index (χ1) is 19.0. The number of hydrogen-bond acceptors (Lipinski definition) is 9. The van der Waals surface area contributed by atoms with E-state index in [1.165, 1.54) is 58.1 Å². The fraction of sp³-hybridized carbons (Fsp3) is 0.433. The smallest absolute Gasteiger partial charge is 0.157 e. The van der Waals surface area contributed by atoms with Crippen LogP contribution in [-0.4, -0.2) is 60.6 Å². The summed E-state index contributed by atoms with van der Waals surface area (Å²) in [4.78, 5) is 5.31. The lowest BCUT2D eigenvalue weighted by Crippen LogP contribution is -2.39. The van der Waals surface area contributed by atoms with Gasteiger partial charge in [-0.3, -0.25) is 4.72 Å². The average molecular weight is 568 g/mol. The molecule has 7 nitrogen and oxygen atoms in total. The molecule has 0 amide bonds. The van der Waals surface area contributed by atoms with E-state index >= 15 is 0 Å². The minimum Gasteiger partial charge on any atom is -0.400 e. The molecule has 0 saturated carbocycles. The molecule has 9 heteroatoms. The van der Waals surface area contributed by atoms with Crippen LogP contribution in [-0.2, 0) is 4.74 Å². The van der Waals surface area contributed by atoms with Crippen molar-refractivity contribution in [3.8, 4) is 16.5 Å². The second-order valence-corrected chi connectivity index (χ2v) is 11.8. The standard InChI is InChI=1S/C29H33N3O3S2.CH4O/c1-19(28(17-30)37-31-18-25-15-24(33)16-29(34)35-25)26-9-10-27(36-26)22-6-5-21-14-23(8-7-20(21)13-22)32-11-3-2-4-12-32;1-2/h5-10,13-14,24-25,29,31,33-34H,2-4,11-12,15-16,18H2,1H3;2H,1H3/b28-19+;/t24?,25-,29?;/m0./s1. The van der Waals surface area contributed by atoms with E-state index in [1.54, 1.807) is 11.3 Å². The van der Waals surface area contributed by atoms with Gasteiger partial charge in [-0.2, -0.15) is 5.26 Å². The van der Waals surface area contributed by atoms with Crippen molar-refractivity contribution in [2.75, 3.05) is 31.6 Å². The fourth-order valence-corrected chi connectivity index (χ4v) is 6.82. The summed E-state index contributed by atoms with van der Waals surface area (Å²) in [6, 6.07) is 19.9. The Morgan fingerprint density at radius 3 is 2.54 bits per heavy atom. The van der Waals surface area contributed by atoms with Crippen LogP contribution in [0, 0.1) is 11.3 Å². The monoisotopic (exact) mass is 567 g/mol. The number of aliphatic hydroxyl groups is 3. The molecular formula is C30H37N3O4S2. The second-order valence-electron chi connectivity index (χ2n) is 9.81. The first-order valence-corrected chi connectivity index (χ1v) is 15.0. The highest BCUT2D eigenvalue weighted by Gasteiger charge is 2.26. The SMILES string of the molecule is C/C(=C(/C#N)SNC[C@@H]1CC(O)CC(O)O1)c1ccc(-c2ccc3cc(N4CCCCC4)ccc3c2)s1.CO. The van der Waals surface area contributed by atoms with Gasteiger partial charge in [-0.25, -0.2) is 0 Å². The number of aliphatic hydroxyl groups excluding tert-OH is 3. The van der Waals surface area contributed by atoms with E-state index in [4.69, 9.17) is 9.84 Å². The molecule has 5 rings (SSSR count). The number of allylic oxidation sites excluding steroid dienone is 2. The minimum atomic E-state index is -0.940. The number of rotatable bonds is 7. The van der Waals surface area contributed by atoms with Crippen molar-refractivity contribution in [3.05, 3.63) is 58.3 Å². The van der Waals surface area contributed by atoms with Crippen molar-refractivity contribution in [1.29, 1.82) is 5.26 Å². The van der Waals surface area contributed by atoms with Crippen molar-refractivity contribution >= 4 is 45.3 Å². The normalized spacial score (nSPS) is 22.1. The van der Waals surface area contributed by atoms with Gasteiger partial charge in [0.05, 0.1) is 12.2 Å². The molecule has 208 valence electrons. The van der Waals surface area contributed by atoms with E-state index in [1.807, 2.05) is 6.92 Å². The molecule has 39 heavy (non-hydrogen) atoms. The van der Waals surface area contributed by atoms with Gasteiger partial charge in [0, 0.05) is 55.0 Å². The summed E-state index contributed by atoms with van der Waals surface area (Å²) in [5.41, 5.74) is 3.42. The zero-order chi connectivity index (χ0) is 27.8. The van der Waals surface area contributed by atoms with Crippen molar-refractivity contribution < 1.29 is 20.1 Å². The van der Waals surface area contributed by atoms with Gasteiger partial charge in [-0.05, 0) is 90.4 Å². The van der Waals surface area contributed by atoms with Crippen LogP contribution in [0.1, 0.15) is 43.9 Å². The Bertz CT molecular complexity index is 1300. The Hall–Kier alpha value is -2.42. The lowest BCUT2D eigenvalue weighted by atomic mass is 10.0. The van der Waals surface area contributed by atoms with Crippen LogP contribution in [0.3, 0.4) is 0 Å². The lowest BCUT2D eigenvalue weighted by molar-refractivity contribution is -0.186. The molecule has 0 spiro atoms. The number of piperidine rings is 1. The fourth-order valence-electron chi connectivity index (χ4n) is 5.03. The quantitative estimate of drug-likeness (QED) is 0.218. The largest absolute Gasteiger partial charge is 0.400 e. The molecule has 0 radical (unpaired) electrons. The number of nitrogens with one attached hydrogen (secondary N) is 1. The molecule has 2 aromatic carbocycles. The summed E-state index contributed by atoms with van der Waals surface area (Å²) >= 11 is 2.95. The van der Waals surface area contributed by atoms with Gasteiger partial charge >= 0.3 is 0 Å². The van der Waals surface area contributed by atoms with Crippen molar-refractivity contribution in [3.63, 3.8) is 0 Å². The average Bonchev–Trinajstić information content (AvgIpc) is 3.46. The van der Waals surface area contributed by atoms with Crippen LogP contribution < -0.4 is 9.62 Å². The van der Waals surface area contributed by atoms with Gasteiger partial charge in [0.1, 0.15) is 11.0 Å². The predicted molar refractivity (Wildman–Crippen MR) is 161 cm³/mol. The van der Waals surface area contributed by atoms with Gasteiger partial charge in [-0.15, -0.1) is 11.3 Å². The van der Waals surface area contributed by atoms with Crippen molar-refractivity contribution in [2.45, 2.75) is 57.5 Å². The molecule has 0 aliphatic carbocycles. The topological polar surface area (TPSA) is 109 Å². The van der Waals surface area contributed by atoms with Gasteiger partial charge in [0.15, 0.2) is 6.29 Å². The Labute approximate surface area is 238 Å². The molecule has 2 aliphatic heterocycles. The van der Waals surface area contributed by atoms with Gasteiger partial charge < -0.3 is 25.0 Å². The molecule has 1 aromatic heterocycles. The number of nitrogens with zero attached hydrogens (tertiary/aromatic N) is 2. The number of benzene rings is 2. The highest BCUT2D eigenvalue weighted by Crippen LogP contribution is 2.36. The summed E-state index contributed by atoms with van der Waals surface area (Å²) in [5.74, 6) is 0. The first-order valence-electron chi connectivity index (χ1n) is 13.4. The Kier molecular flexibility index (Phi) is 10.8. The number of nitriles is 1. The Morgan fingerprint density at radius 1 is 1.05 bits per heavy atom. The van der Waals surface area contributed by atoms with Gasteiger partial charge in [0.25, 0.3) is 0 Å². The maximum atomic E-state index is 9.83. The third-order valence-corrected chi connectivity index (χ3v) is 9.26. The molecule has 3 aromatic rings. The number of hydrogen-bond donors (Lipinski definition) is 4. The highest BCUT2D eigenvalue weighted by molar-refractivity contribution is 8.01. The molecule has 2 aliphatic rings. The van der Waals surface area contributed by atoms with Crippen LogP contribution in [0.5, 0.6) is 0 Å². The summed E-state index contributed by atoms with van der Waals surface area (Å²) < 4.78 is 8.63. The van der Waals surface area contributed by atoms with E-state index in [9.17, 15) is 15.5 Å². The summed E-state index contributed by atoms with van der Waals surface area (Å²) in [6.07, 6.45) is 2.80. The number of ether oxygens (including phenoxy) is 1. The van der Waals surface area contributed by atoms with E-state index in [2.05, 4.69) is 64.2 Å². The molecule has 3 heterocycles. The number of fused-ring (bicyclic) bond motifs is 1. The predicted octanol–water partition coefficient (Wildman–Crippen LogP) is 5.52. The zero-order valence-electron chi connectivity index (χ0n) is 22.5. The number of thiophene rings is 1. The van der Waals surface area contributed by atoms with E-state index < -0.39 is 12.4 Å². The minimum absolute atomic E-state index is 0.240. The molecule has 2 fully saturated rings. The van der Waals surface area contributed by atoms with Crippen LogP contribution >= 0.6 is 23.3 Å². The maximum Gasteiger partial charge on any atom is 0.157 e. The second kappa shape index (κ2) is 14.3. The van der Waals surface area contributed by atoms with Gasteiger partial charge in [-0.1, -0.05) is 18.2 Å².